The molecule has 0 radical (unpaired) electrons. The van der Waals surface area contributed by atoms with Gasteiger partial charge in [-0.15, -0.1) is 0 Å². The van der Waals surface area contributed by atoms with E-state index in [1.165, 1.54) is 0 Å². The van der Waals surface area contributed by atoms with Crippen molar-refractivity contribution in [1.82, 2.24) is 9.78 Å². The van der Waals surface area contributed by atoms with Crippen LogP contribution in [0.3, 0.4) is 0 Å². The Morgan fingerprint density at radius 3 is 2.50 bits per heavy atom. The second-order valence-corrected chi connectivity index (χ2v) is 8.70. The molecule has 0 aliphatic rings. The predicted octanol–water partition coefficient (Wildman–Crippen LogP) is 1.12. The van der Waals surface area contributed by atoms with Crippen molar-refractivity contribution in [3.8, 4) is 0 Å². The van der Waals surface area contributed by atoms with E-state index in [2.05, 4.69) is 5.10 Å². The molecule has 3 aromatic rings. The van der Waals surface area contributed by atoms with Crippen molar-refractivity contribution in [1.29, 1.82) is 0 Å². The third kappa shape index (κ3) is 6.33. The number of hydrogen-bond donors (Lipinski definition) is 2. The first-order valence-corrected chi connectivity index (χ1v) is 11.1. The lowest BCUT2D eigenvalue weighted by Gasteiger charge is -2.17. The van der Waals surface area contributed by atoms with Gasteiger partial charge in [0.1, 0.15) is 12.1 Å². The summed E-state index contributed by atoms with van der Waals surface area (Å²) in [4.78, 5) is 12.9. The number of hydrogen-bond acceptors (Lipinski definition) is 3. The van der Waals surface area contributed by atoms with Crippen LogP contribution in [0.2, 0.25) is 10.0 Å². The number of benzene rings is 2. The molecule has 1 aromatic heterocycles. The van der Waals surface area contributed by atoms with Gasteiger partial charge in [-0.25, -0.2) is 0 Å². The van der Waals surface area contributed by atoms with E-state index < -0.39 is 6.10 Å². The number of quaternary nitrogens is 1. The molecule has 3 N–H and O–H groups in total. The van der Waals surface area contributed by atoms with Gasteiger partial charge in [-0.2, -0.15) is 5.10 Å². The van der Waals surface area contributed by atoms with Crippen molar-refractivity contribution < 1.29 is 27.6 Å². The van der Waals surface area contributed by atoms with Crippen LogP contribution in [0.15, 0.2) is 48.5 Å². The minimum atomic E-state index is -0.577. The minimum Gasteiger partial charge on any atom is -1.00 e. The van der Waals surface area contributed by atoms with Crippen LogP contribution >= 0.6 is 23.2 Å². The topological polar surface area (TPSA) is 71.7 Å². The van der Waals surface area contributed by atoms with Crippen LogP contribution in [0.4, 0.5) is 0 Å². The molecule has 8 heteroatoms. The van der Waals surface area contributed by atoms with Gasteiger partial charge in [0, 0.05) is 15.7 Å². The Hall–Kier alpha value is -1.89. The highest BCUT2D eigenvalue weighted by Crippen LogP contribution is 2.23. The van der Waals surface area contributed by atoms with Crippen LogP contribution < -0.4 is 17.7 Å². The Kier molecular flexibility index (Phi) is 9.74. The first kappa shape index (κ1) is 26.4. The van der Waals surface area contributed by atoms with Crippen molar-refractivity contribution in [2.75, 3.05) is 6.54 Å². The minimum absolute atomic E-state index is 0. The number of rotatable bonds is 9. The van der Waals surface area contributed by atoms with Crippen molar-refractivity contribution in [2.45, 2.75) is 45.9 Å². The van der Waals surface area contributed by atoms with Crippen molar-refractivity contribution in [3.05, 3.63) is 86.7 Å². The van der Waals surface area contributed by atoms with Crippen molar-refractivity contribution in [2.24, 2.45) is 0 Å². The molecule has 2 atom stereocenters. The molecule has 0 spiro atoms. The number of aryl methyl sites for hydroxylation is 1. The molecule has 172 valence electrons. The Morgan fingerprint density at radius 2 is 1.84 bits per heavy atom. The van der Waals surface area contributed by atoms with E-state index >= 15 is 0 Å². The van der Waals surface area contributed by atoms with Crippen LogP contribution in [-0.2, 0) is 6.54 Å². The molecule has 0 bridgehead atoms. The van der Waals surface area contributed by atoms with E-state index in [-0.39, 0.29) is 24.2 Å². The van der Waals surface area contributed by atoms with E-state index in [1.807, 2.05) is 67.2 Å². The number of aliphatic hydroxyl groups excluding tert-OH is 1. The Balaban J connectivity index is 0.00000363. The maximum atomic E-state index is 12.9. The zero-order valence-corrected chi connectivity index (χ0v) is 20.6. The maximum absolute atomic E-state index is 12.9. The summed E-state index contributed by atoms with van der Waals surface area (Å²) >= 11 is 12.3. The molecule has 5 nitrogen and oxygen atoms in total. The highest BCUT2D eigenvalue weighted by atomic mass is 35.5. The summed E-state index contributed by atoms with van der Waals surface area (Å²) in [7, 11) is 0. The monoisotopic (exact) mass is 495 g/mol. The van der Waals surface area contributed by atoms with Crippen LogP contribution in [0.25, 0.3) is 0 Å². The number of carbonyl (C=O) groups is 1. The molecule has 1 heterocycles. The zero-order valence-electron chi connectivity index (χ0n) is 18.4. The van der Waals surface area contributed by atoms with E-state index in [0.29, 0.717) is 40.8 Å². The molecule has 0 saturated carbocycles. The molecular weight excluding hydrogens is 469 g/mol. The molecular formula is C24H28Cl3N3O2. The zero-order chi connectivity index (χ0) is 22.5. The summed E-state index contributed by atoms with van der Waals surface area (Å²) in [6.45, 7) is 6.79. The Bertz CT molecular complexity index is 1050. The highest BCUT2D eigenvalue weighted by molar-refractivity contribution is 6.35. The molecule has 0 fully saturated rings. The third-order valence-corrected chi connectivity index (χ3v) is 6.13. The number of Topliss-reactive ketones (excluding diaryl/α,β-unsaturated/α-hetero) is 1. The normalized spacial score (nSPS) is 12.8. The smallest absolute Gasteiger partial charge is 0.172 e. The lowest BCUT2D eigenvalue weighted by Crippen LogP contribution is -3.00. The van der Waals surface area contributed by atoms with E-state index in [4.69, 9.17) is 23.2 Å². The van der Waals surface area contributed by atoms with Gasteiger partial charge >= 0.3 is 0 Å². The van der Waals surface area contributed by atoms with Gasteiger partial charge in [0.2, 0.25) is 0 Å². The van der Waals surface area contributed by atoms with Gasteiger partial charge in [-0.05, 0) is 44.0 Å². The van der Waals surface area contributed by atoms with Gasteiger partial charge in [-0.3, -0.25) is 9.48 Å². The summed E-state index contributed by atoms with van der Waals surface area (Å²) < 4.78 is 1.81. The van der Waals surface area contributed by atoms with E-state index in [1.54, 1.807) is 12.1 Å². The average Bonchev–Trinajstić information content (AvgIpc) is 3.03. The average molecular weight is 497 g/mol. The number of nitrogens with zero attached hydrogens (tertiary/aromatic N) is 2. The molecule has 0 aliphatic heterocycles. The lowest BCUT2D eigenvalue weighted by atomic mass is 10.0. The molecule has 2 unspecified atom stereocenters. The number of ketones is 1. The largest absolute Gasteiger partial charge is 1.00 e. The fourth-order valence-corrected chi connectivity index (χ4v) is 4.22. The van der Waals surface area contributed by atoms with Crippen molar-refractivity contribution >= 4 is 29.0 Å². The number of carbonyl (C=O) groups excluding carboxylic acids is 1. The summed E-state index contributed by atoms with van der Waals surface area (Å²) in [5.41, 5.74) is 3.98. The van der Waals surface area contributed by atoms with Crippen LogP contribution in [0.5, 0.6) is 0 Å². The second kappa shape index (κ2) is 11.8. The molecule has 2 aromatic carbocycles. The SMILES string of the molecule is Cc1nn(Cc2ccc(Cl)cc2Cl)c(C)c1C(=O)CC[NH2+]C(C)C(O)c1ccccc1.[Cl-]. The number of aromatic nitrogens is 2. The molecule has 0 amide bonds. The summed E-state index contributed by atoms with van der Waals surface area (Å²) in [5, 5.41) is 18.2. The highest BCUT2D eigenvalue weighted by Gasteiger charge is 2.22. The van der Waals surface area contributed by atoms with Gasteiger partial charge in [0.05, 0.1) is 30.8 Å². The lowest BCUT2D eigenvalue weighted by molar-refractivity contribution is -0.693. The van der Waals surface area contributed by atoms with E-state index in [9.17, 15) is 9.90 Å². The van der Waals surface area contributed by atoms with Crippen molar-refractivity contribution in [3.63, 3.8) is 0 Å². The Morgan fingerprint density at radius 1 is 1.16 bits per heavy atom. The van der Waals surface area contributed by atoms with Gasteiger partial charge in [0.15, 0.2) is 5.78 Å². The number of halogens is 3. The standard InChI is InChI=1S/C24H27Cl2N3O2.ClH/c1-15-23(17(3)29(28-15)14-19-9-10-20(25)13-21(19)26)22(30)11-12-27-16(2)24(31)18-7-5-4-6-8-18;/h4-10,13,16,24,27,31H,11-12,14H2,1-3H3;1H. The number of nitrogens with two attached hydrogens (primary N) is 1. The Labute approximate surface area is 205 Å². The predicted molar refractivity (Wildman–Crippen MR) is 124 cm³/mol. The second-order valence-electron chi connectivity index (χ2n) is 7.85. The molecule has 32 heavy (non-hydrogen) atoms. The summed E-state index contributed by atoms with van der Waals surface area (Å²) in [6.07, 6.45) is -0.201. The molecule has 0 saturated heterocycles. The third-order valence-electron chi connectivity index (χ3n) is 5.54. The number of aliphatic hydroxyl groups is 1. The van der Waals surface area contributed by atoms with Gasteiger partial charge in [0.25, 0.3) is 0 Å². The first-order valence-electron chi connectivity index (χ1n) is 10.4. The van der Waals surface area contributed by atoms with E-state index in [0.717, 1.165) is 16.8 Å². The molecule has 3 rings (SSSR count). The first-order chi connectivity index (χ1) is 14.8. The molecule has 0 aliphatic carbocycles. The van der Waals surface area contributed by atoms with Crippen LogP contribution in [-0.4, -0.2) is 33.3 Å². The fourth-order valence-electron chi connectivity index (χ4n) is 3.75. The fraction of sp³-hybridized carbons (Fsp3) is 0.333. The van der Waals surface area contributed by atoms with Crippen LogP contribution in [0.1, 0.15) is 52.3 Å². The maximum Gasteiger partial charge on any atom is 0.172 e. The van der Waals surface area contributed by atoms with Gasteiger partial charge in [-0.1, -0.05) is 59.6 Å². The summed E-state index contributed by atoms with van der Waals surface area (Å²) in [6, 6.07) is 14.9. The quantitative estimate of drug-likeness (QED) is 0.436. The van der Waals surface area contributed by atoms with Crippen LogP contribution in [0, 0.1) is 13.8 Å². The van der Waals surface area contributed by atoms with Gasteiger partial charge < -0.3 is 22.8 Å². The summed E-state index contributed by atoms with van der Waals surface area (Å²) in [5.74, 6) is 0.0566.